The molecular formula is C30H42BrN5OS. The fourth-order valence-corrected chi connectivity index (χ4v) is 7.37. The molecule has 1 saturated carbocycles. The van der Waals surface area contributed by atoms with Gasteiger partial charge in [0.2, 0.25) is 5.91 Å². The lowest BCUT2D eigenvalue weighted by molar-refractivity contribution is -0.126. The summed E-state index contributed by atoms with van der Waals surface area (Å²) in [5.41, 5.74) is 2.37. The highest BCUT2D eigenvalue weighted by Gasteiger charge is 2.26. The highest BCUT2D eigenvalue weighted by atomic mass is 79.9. The van der Waals surface area contributed by atoms with Crippen LogP contribution in [0.5, 0.6) is 0 Å². The van der Waals surface area contributed by atoms with Crippen molar-refractivity contribution in [3.8, 4) is 0 Å². The van der Waals surface area contributed by atoms with Crippen molar-refractivity contribution >= 4 is 49.2 Å². The van der Waals surface area contributed by atoms with Gasteiger partial charge in [0, 0.05) is 35.8 Å². The van der Waals surface area contributed by atoms with Crippen LogP contribution in [0.4, 0.5) is 5.82 Å². The van der Waals surface area contributed by atoms with Crippen LogP contribution >= 0.6 is 27.3 Å². The number of likely N-dealkylation sites (N-methyl/N-ethyl adjacent to an activating group) is 1. The van der Waals surface area contributed by atoms with Gasteiger partial charge >= 0.3 is 0 Å². The summed E-state index contributed by atoms with van der Waals surface area (Å²) in [5, 5.41) is 4.66. The third-order valence-electron chi connectivity index (χ3n) is 7.61. The van der Waals surface area contributed by atoms with Crippen LogP contribution in [-0.4, -0.2) is 51.4 Å². The molecule has 3 aliphatic rings. The first kappa shape index (κ1) is 29.0. The summed E-state index contributed by atoms with van der Waals surface area (Å²) in [6.45, 7) is 9.50. The summed E-state index contributed by atoms with van der Waals surface area (Å²) in [5.74, 6) is 0.977. The van der Waals surface area contributed by atoms with Gasteiger partial charge in [0.25, 0.3) is 0 Å². The molecule has 2 aromatic rings. The lowest BCUT2D eigenvalue weighted by Crippen LogP contribution is -2.37. The van der Waals surface area contributed by atoms with E-state index in [1.54, 1.807) is 23.7 Å². The number of nitrogens with zero attached hydrogens (tertiary/aromatic N) is 4. The zero-order valence-electron chi connectivity index (χ0n) is 23.1. The van der Waals surface area contributed by atoms with Gasteiger partial charge in [-0.15, -0.1) is 11.3 Å². The van der Waals surface area contributed by atoms with Crippen LogP contribution in [0, 0.1) is 0 Å². The number of nitrogens with one attached hydrogen (secondary N) is 1. The maximum Gasteiger partial charge on any atom is 0.246 e. The Balaban J connectivity index is 0.00000164. The molecule has 0 radical (unpaired) electrons. The summed E-state index contributed by atoms with van der Waals surface area (Å²) >= 11 is 5.36. The summed E-state index contributed by atoms with van der Waals surface area (Å²) in [6.07, 6.45) is 20.6. The van der Waals surface area contributed by atoms with Gasteiger partial charge in [-0.3, -0.25) is 9.69 Å². The fourth-order valence-electron chi connectivity index (χ4n) is 5.64. The van der Waals surface area contributed by atoms with Crippen molar-refractivity contribution in [1.82, 2.24) is 19.8 Å². The number of hydrogen-bond acceptors (Lipinski definition) is 6. The number of halogens is 1. The third-order valence-corrected chi connectivity index (χ3v) is 9.36. The lowest BCUT2D eigenvalue weighted by Gasteiger charge is -2.32. The maximum atomic E-state index is 13.0. The minimum atomic E-state index is 0.112. The van der Waals surface area contributed by atoms with Crippen molar-refractivity contribution in [3.05, 3.63) is 51.3 Å². The number of carbonyl (C=O) groups is 1. The van der Waals surface area contributed by atoms with Crippen LogP contribution < -0.4 is 5.32 Å². The first-order valence-corrected chi connectivity index (χ1v) is 16.0. The Hall–Kier alpha value is -2.03. The largest absolute Gasteiger partial charge is 0.340 e. The molecule has 38 heavy (non-hydrogen) atoms. The third kappa shape index (κ3) is 7.13. The Morgan fingerprint density at radius 2 is 2.03 bits per heavy atom. The molecule has 0 saturated heterocycles. The first-order chi connectivity index (χ1) is 18.6. The van der Waals surface area contributed by atoms with E-state index in [2.05, 4.69) is 61.3 Å². The van der Waals surface area contributed by atoms with Crippen LogP contribution in [0.1, 0.15) is 82.6 Å². The van der Waals surface area contributed by atoms with Crippen LogP contribution in [0.3, 0.4) is 0 Å². The van der Waals surface area contributed by atoms with Crippen molar-refractivity contribution in [2.75, 3.05) is 25.0 Å². The quantitative estimate of drug-likeness (QED) is 0.332. The average molecular weight is 601 g/mol. The van der Waals surface area contributed by atoms with Gasteiger partial charge < -0.3 is 10.2 Å². The highest BCUT2D eigenvalue weighted by Crippen LogP contribution is 2.38. The Bertz CT molecular complexity index is 1180. The summed E-state index contributed by atoms with van der Waals surface area (Å²) in [6, 6.07) is 0.675. The number of allylic oxidation sites excluding steroid dienone is 3. The molecule has 1 amide bonds. The van der Waals surface area contributed by atoms with Crippen LogP contribution in [0.2, 0.25) is 0 Å². The van der Waals surface area contributed by atoms with E-state index in [4.69, 9.17) is 0 Å². The Morgan fingerprint density at radius 1 is 1.21 bits per heavy atom. The normalized spacial score (nSPS) is 18.5. The predicted octanol–water partition coefficient (Wildman–Crippen LogP) is 7.57. The van der Waals surface area contributed by atoms with E-state index in [1.807, 2.05) is 18.7 Å². The molecular weight excluding hydrogens is 558 g/mol. The number of aromatic nitrogens is 2. The van der Waals surface area contributed by atoms with E-state index in [9.17, 15) is 4.79 Å². The van der Waals surface area contributed by atoms with E-state index in [-0.39, 0.29) is 5.91 Å². The number of anilines is 1. The fraction of sp³-hybridized carbons (Fsp3) is 0.567. The Kier molecular flexibility index (Phi) is 11.0. The lowest BCUT2D eigenvalue weighted by atomic mass is 9.94. The minimum Gasteiger partial charge on any atom is -0.340 e. The number of hydrogen-bond donors (Lipinski definition) is 1. The smallest absolute Gasteiger partial charge is 0.246 e. The molecule has 0 aromatic carbocycles. The van der Waals surface area contributed by atoms with E-state index < -0.39 is 0 Å². The zero-order chi connectivity index (χ0) is 26.9. The Labute approximate surface area is 240 Å². The maximum absolute atomic E-state index is 13.0. The van der Waals surface area contributed by atoms with Crippen molar-refractivity contribution in [1.29, 1.82) is 0 Å². The van der Waals surface area contributed by atoms with Gasteiger partial charge in [0.1, 0.15) is 17.0 Å². The Morgan fingerprint density at radius 3 is 2.82 bits per heavy atom. The van der Waals surface area contributed by atoms with Gasteiger partial charge in [0.05, 0.1) is 11.9 Å². The van der Waals surface area contributed by atoms with Gasteiger partial charge in [-0.05, 0) is 61.2 Å². The summed E-state index contributed by atoms with van der Waals surface area (Å²) in [7, 11) is 0. The SMILES string of the molecule is CC.CCN(C/C=C/C(=O)N1CCc2c(sc3ncnc(NC4=CCCCC(Br)=C4)c23)C1)C1CCCCC1. The minimum absolute atomic E-state index is 0.112. The van der Waals surface area contributed by atoms with E-state index in [1.165, 1.54) is 47.0 Å². The second kappa shape index (κ2) is 14.4. The van der Waals surface area contributed by atoms with E-state index in [0.717, 1.165) is 67.0 Å². The molecule has 206 valence electrons. The standard InChI is InChI=1S/C28H36BrN5OS.C2H6/c1-2-33(22-11-4-3-5-12-22)15-8-13-25(35)34-16-14-23-24(18-34)36-28-26(23)27(30-19-31-28)32-21-10-7-6-9-20(29)17-21;1-2/h8,10,13,17,19,22H,2-7,9,11-12,14-16,18H2,1H3,(H,30,31,32);1-2H3/b13-8+;. The van der Waals surface area contributed by atoms with Crippen molar-refractivity contribution in [2.45, 2.75) is 91.1 Å². The van der Waals surface area contributed by atoms with Crippen LogP contribution in [0.25, 0.3) is 10.2 Å². The molecule has 6 nitrogen and oxygen atoms in total. The molecule has 2 aromatic heterocycles. The number of rotatable bonds is 7. The van der Waals surface area contributed by atoms with Crippen molar-refractivity contribution in [2.24, 2.45) is 0 Å². The molecule has 0 spiro atoms. The van der Waals surface area contributed by atoms with Gasteiger partial charge in [-0.25, -0.2) is 9.97 Å². The molecule has 1 aliphatic heterocycles. The number of amides is 1. The molecule has 3 heterocycles. The molecule has 0 atom stereocenters. The summed E-state index contributed by atoms with van der Waals surface area (Å²) in [4.78, 5) is 28.9. The second-order valence-electron chi connectivity index (χ2n) is 9.97. The molecule has 2 aliphatic carbocycles. The van der Waals surface area contributed by atoms with Gasteiger partial charge in [-0.2, -0.15) is 0 Å². The molecule has 8 heteroatoms. The second-order valence-corrected chi connectivity index (χ2v) is 12.1. The van der Waals surface area contributed by atoms with Gasteiger partial charge in [-0.1, -0.05) is 68.1 Å². The molecule has 1 fully saturated rings. The van der Waals surface area contributed by atoms with Crippen LogP contribution in [0.15, 0.2) is 40.8 Å². The van der Waals surface area contributed by atoms with Gasteiger partial charge in [0.15, 0.2) is 0 Å². The number of fused-ring (bicyclic) bond motifs is 3. The van der Waals surface area contributed by atoms with Crippen LogP contribution in [-0.2, 0) is 17.8 Å². The summed E-state index contributed by atoms with van der Waals surface area (Å²) < 4.78 is 1.21. The van der Waals surface area contributed by atoms with E-state index in [0.29, 0.717) is 12.6 Å². The van der Waals surface area contributed by atoms with Crippen molar-refractivity contribution in [3.63, 3.8) is 0 Å². The monoisotopic (exact) mass is 599 g/mol. The predicted molar refractivity (Wildman–Crippen MR) is 164 cm³/mol. The zero-order valence-corrected chi connectivity index (χ0v) is 25.5. The van der Waals surface area contributed by atoms with E-state index >= 15 is 0 Å². The number of thiophene rings is 1. The highest BCUT2D eigenvalue weighted by molar-refractivity contribution is 9.11. The first-order valence-electron chi connectivity index (χ1n) is 14.4. The topological polar surface area (TPSA) is 61.4 Å². The van der Waals surface area contributed by atoms with Crippen molar-refractivity contribution < 1.29 is 4.79 Å². The molecule has 1 N–H and O–H groups in total. The molecule has 0 bridgehead atoms. The molecule has 5 rings (SSSR count). The molecule has 0 unspecified atom stereocenters. The number of carbonyl (C=O) groups excluding carboxylic acids is 1. The average Bonchev–Trinajstić information content (AvgIpc) is 3.21.